The Bertz CT molecular complexity index is 1880. The average Bonchev–Trinajstić information content (AvgIpc) is 3.75. The van der Waals surface area contributed by atoms with Crippen molar-refractivity contribution in [2.75, 3.05) is 0 Å². The van der Waals surface area contributed by atoms with Crippen LogP contribution in [0, 0.1) is 0 Å². The number of hydrogen-bond donors (Lipinski definition) is 1. The van der Waals surface area contributed by atoms with Gasteiger partial charge < -0.3 is 9.15 Å². The number of aromatic amines is 1. The first-order chi connectivity index (χ1) is 21.8. The van der Waals surface area contributed by atoms with Crippen LogP contribution in [0.2, 0.25) is 0 Å². The Hall–Kier alpha value is -4.29. The van der Waals surface area contributed by atoms with Gasteiger partial charge in [0.2, 0.25) is 0 Å². The molecule has 45 heavy (non-hydrogen) atoms. The Morgan fingerprint density at radius 1 is 0.956 bits per heavy atom. The molecule has 1 N–H and O–H groups in total. The first kappa shape index (κ1) is 30.7. The van der Waals surface area contributed by atoms with E-state index in [1.165, 1.54) is 0 Å². The molecule has 0 aliphatic carbocycles. The van der Waals surface area contributed by atoms with Crippen LogP contribution in [0.5, 0.6) is 0 Å². The lowest BCUT2D eigenvalue weighted by molar-refractivity contribution is -0.143. The number of unbranched alkanes of at least 4 members (excludes halogenated alkanes) is 1. The van der Waals surface area contributed by atoms with Crippen molar-refractivity contribution in [3.05, 3.63) is 105 Å². The lowest BCUT2D eigenvalue weighted by atomic mass is 9.99. The fourth-order valence-corrected chi connectivity index (χ4v) is 6.04. The van der Waals surface area contributed by atoms with Crippen molar-refractivity contribution in [1.29, 1.82) is 0 Å². The van der Waals surface area contributed by atoms with Crippen molar-refractivity contribution in [3.63, 3.8) is 0 Å². The predicted octanol–water partition coefficient (Wildman–Crippen LogP) is 8.45. The summed E-state index contributed by atoms with van der Waals surface area (Å²) in [6, 6.07) is 23.1. The molecule has 0 aliphatic rings. The lowest BCUT2D eigenvalue weighted by Crippen LogP contribution is -2.20. The molecule has 0 amide bonds. The summed E-state index contributed by atoms with van der Waals surface area (Å²) in [5.41, 5.74) is 6.01. The Kier molecular flexibility index (Phi) is 9.13. The molecule has 0 saturated heterocycles. The maximum absolute atomic E-state index is 13.6. The quantitative estimate of drug-likeness (QED) is 0.140. The zero-order valence-corrected chi connectivity index (χ0v) is 26.0. The molecule has 0 spiro atoms. The summed E-state index contributed by atoms with van der Waals surface area (Å²) in [7, 11) is 0. The van der Waals surface area contributed by atoms with Crippen LogP contribution in [-0.4, -0.2) is 36.6 Å². The smallest absolute Gasteiger partial charge is 0.408 e. The summed E-state index contributed by atoms with van der Waals surface area (Å²) >= 11 is 3.75. The molecule has 3 aromatic heterocycles. The molecule has 0 radical (unpaired) electrons. The third-order valence-electron chi connectivity index (χ3n) is 7.54. The van der Waals surface area contributed by atoms with E-state index in [4.69, 9.17) is 9.15 Å². The van der Waals surface area contributed by atoms with E-state index in [2.05, 4.69) is 41.7 Å². The number of rotatable bonds is 12. The monoisotopic (exact) mass is 678 g/mol. The van der Waals surface area contributed by atoms with Crippen molar-refractivity contribution in [2.24, 2.45) is 0 Å². The molecule has 232 valence electrons. The van der Waals surface area contributed by atoms with E-state index in [0.29, 0.717) is 48.0 Å². The van der Waals surface area contributed by atoms with Gasteiger partial charge in [-0.15, -0.1) is 5.10 Å². The molecular weight excluding hydrogens is 649 g/mol. The Labute approximate surface area is 265 Å². The van der Waals surface area contributed by atoms with E-state index in [9.17, 15) is 13.2 Å². The molecule has 3 heterocycles. The van der Waals surface area contributed by atoms with Gasteiger partial charge in [0.1, 0.15) is 17.9 Å². The first-order valence-electron chi connectivity index (χ1n) is 14.6. The highest BCUT2D eigenvalue weighted by molar-refractivity contribution is 9.10. The number of H-pyrrole nitrogens is 1. The fraction of sp³-hybridized carbons (Fsp3) is 0.273. The number of nitrogens with one attached hydrogen (secondary N) is 1. The van der Waals surface area contributed by atoms with E-state index >= 15 is 0 Å². The van der Waals surface area contributed by atoms with Gasteiger partial charge in [0, 0.05) is 34.2 Å². The summed E-state index contributed by atoms with van der Waals surface area (Å²) in [6.45, 7) is 1.31. The Morgan fingerprint density at radius 3 is 2.47 bits per heavy atom. The molecule has 0 aliphatic heterocycles. The fourth-order valence-electron chi connectivity index (χ4n) is 5.44. The normalized spacial score (nSPS) is 11.9. The number of halogens is 4. The summed E-state index contributed by atoms with van der Waals surface area (Å²) in [6.07, 6.45) is -1.93. The number of ether oxygens (including phenoxy) is 1. The van der Waals surface area contributed by atoms with E-state index in [1.807, 2.05) is 79.7 Å². The van der Waals surface area contributed by atoms with E-state index in [1.54, 1.807) is 0 Å². The first-order valence-corrected chi connectivity index (χ1v) is 15.4. The topological polar surface area (TPSA) is 94.7 Å². The molecular formula is C33H30BrF3N6O2. The molecule has 12 heteroatoms. The third-order valence-corrected chi connectivity index (χ3v) is 8.33. The summed E-state index contributed by atoms with van der Waals surface area (Å²) < 4.78 is 55.1. The van der Waals surface area contributed by atoms with Crippen LogP contribution >= 0.6 is 15.9 Å². The number of aromatic nitrogens is 6. The molecule has 8 nitrogen and oxygen atoms in total. The minimum atomic E-state index is -4.40. The second kappa shape index (κ2) is 13.4. The summed E-state index contributed by atoms with van der Waals surface area (Å²) in [5, 5.41) is 19.5. The van der Waals surface area contributed by atoms with Gasteiger partial charge in [0.25, 0.3) is 0 Å². The Balaban J connectivity index is 1.36. The number of benzene rings is 3. The van der Waals surface area contributed by atoms with Crippen LogP contribution in [0.3, 0.4) is 0 Å². The predicted molar refractivity (Wildman–Crippen MR) is 167 cm³/mol. The van der Waals surface area contributed by atoms with Gasteiger partial charge in [0.15, 0.2) is 5.82 Å². The summed E-state index contributed by atoms with van der Waals surface area (Å²) in [5.74, 6) is 1.13. The minimum absolute atomic E-state index is 0.100. The summed E-state index contributed by atoms with van der Waals surface area (Å²) in [4.78, 5) is 0. The highest BCUT2D eigenvalue weighted by Crippen LogP contribution is 2.41. The molecule has 0 unspecified atom stereocenters. The largest absolute Gasteiger partial charge is 0.455 e. The second-order valence-corrected chi connectivity index (χ2v) is 11.6. The highest BCUT2D eigenvalue weighted by Gasteiger charge is 2.31. The number of fused-ring (bicyclic) bond motifs is 1. The van der Waals surface area contributed by atoms with Gasteiger partial charge in [-0.1, -0.05) is 74.0 Å². The second-order valence-electron chi connectivity index (χ2n) is 10.8. The maximum Gasteiger partial charge on any atom is 0.408 e. The van der Waals surface area contributed by atoms with Crippen molar-refractivity contribution >= 4 is 26.9 Å². The van der Waals surface area contributed by atoms with Crippen LogP contribution in [0.4, 0.5) is 13.2 Å². The van der Waals surface area contributed by atoms with E-state index in [0.717, 1.165) is 55.2 Å². The standard InChI is InChI=1S/C33H30BrF3N6O2/c1-2-3-13-28-25(27(40-43(28)20-33(35,36)37)19-44-18-21-9-5-4-6-10-21)16-22-14-15-29-26(17-22)30(34)31(45-29)23-11-7-8-12-24(23)32-38-41-42-39-32/h4-12,14-15,17H,2-3,13,16,18-20H2,1H3,(H,38,39,41,42). The van der Waals surface area contributed by atoms with E-state index in [-0.39, 0.29) is 6.61 Å². The van der Waals surface area contributed by atoms with Crippen molar-refractivity contribution in [1.82, 2.24) is 30.4 Å². The molecule has 6 rings (SSSR count). The van der Waals surface area contributed by atoms with Crippen molar-refractivity contribution < 1.29 is 22.3 Å². The molecule has 6 aromatic rings. The zero-order chi connectivity index (χ0) is 31.4. The molecule has 0 fully saturated rings. The lowest BCUT2D eigenvalue weighted by Gasteiger charge is -2.12. The van der Waals surface area contributed by atoms with Crippen molar-refractivity contribution in [2.45, 2.75) is 58.5 Å². The van der Waals surface area contributed by atoms with Crippen LogP contribution in [0.15, 0.2) is 81.7 Å². The van der Waals surface area contributed by atoms with Gasteiger partial charge in [-0.3, -0.25) is 4.68 Å². The SMILES string of the molecule is CCCCc1c(Cc2ccc3oc(-c4ccccc4-c4nnn[nH]4)c(Br)c3c2)c(COCc2ccccc2)nn1CC(F)(F)F. The molecule has 3 aromatic carbocycles. The van der Waals surface area contributed by atoms with Crippen molar-refractivity contribution in [3.8, 4) is 22.7 Å². The molecule has 0 bridgehead atoms. The number of hydrogen-bond acceptors (Lipinski definition) is 6. The van der Waals surface area contributed by atoms with Crippen LogP contribution < -0.4 is 0 Å². The number of alkyl halides is 3. The minimum Gasteiger partial charge on any atom is -0.455 e. The van der Waals surface area contributed by atoms with Gasteiger partial charge in [-0.05, 0) is 62.5 Å². The van der Waals surface area contributed by atoms with Gasteiger partial charge in [-0.25, -0.2) is 5.10 Å². The number of tetrazole rings is 1. The van der Waals surface area contributed by atoms with Crippen LogP contribution in [-0.2, 0) is 37.3 Å². The van der Waals surface area contributed by atoms with Gasteiger partial charge in [-0.2, -0.15) is 18.3 Å². The number of nitrogens with zero attached hydrogens (tertiary/aromatic N) is 5. The van der Waals surface area contributed by atoms with Crippen LogP contribution in [0.25, 0.3) is 33.7 Å². The average molecular weight is 680 g/mol. The maximum atomic E-state index is 13.6. The Morgan fingerprint density at radius 2 is 1.73 bits per heavy atom. The highest BCUT2D eigenvalue weighted by atomic mass is 79.9. The number of furan rings is 1. The molecule has 0 atom stereocenters. The third kappa shape index (κ3) is 7.02. The van der Waals surface area contributed by atoms with Crippen LogP contribution in [0.1, 0.15) is 47.8 Å². The van der Waals surface area contributed by atoms with E-state index < -0.39 is 12.7 Å². The molecule has 0 saturated carbocycles. The zero-order valence-electron chi connectivity index (χ0n) is 24.4. The van der Waals surface area contributed by atoms with Gasteiger partial charge in [0.05, 0.1) is 23.4 Å². The van der Waals surface area contributed by atoms with Gasteiger partial charge >= 0.3 is 6.18 Å².